The topological polar surface area (TPSA) is 37.3 Å². The molecule has 0 amide bonds. The van der Waals surface area contributed by atoms with E-state index >= 15 is 0 Å². The number of carbonyl (C=O) groups is 1. The summed E-state index contributed by atoms with van der Waals surface area (Å²) in [6.07, 6.45) is 0. The van der Waals surface area contributed by atoms with Gasteiger partial charge in [-0.25, -0.2) is 9.18 Å². The Morgan fingerprint density at radius 1 is 1.22 bits per heavy atom. The van der Waals surface area contributed by atoms with Crippen molar-refractivity contribution >= 4 is 33.7 Å². The van der Waals surface area contributed by atoms with Crippen molar-refractivity contribution in [3.05, 3.63) is 58.3 Å². The number of rotatable bonds is 3. The van der Waals surface area contributed by atoms with Crippen molar-refractivity contribution in [1.29, 1.82) is 0 Å². The zero-order chi connectivity index (χ0) is 13.1. The first-order chi connectivity index (χ1) is 8.58. The summed E-state index contributed by atoms with van der Waals surface area (Å²) in [6.45, 7) is 0. The van der Waals surface area contributed by atoms with Crippen LogP contribution in [0.15, 0.2) is 56.7 Å². The summed E-state index contributed by atoms with van der Waals surface area (Å²) in [5.74, 6) is -1.66. The molecular weight excluding hydrogens is 319 g/mol. The van der Waals surface area contributed by atoms with Crippen LogP contribution in [0.5, 0.6) is 0 Å². The highest BCUT2D eigenvalue weighted by Crippen LogP contribution is 2.33. The van der Waals surface area contributed by atoms with E-state index in [1.54, 1.807) is 6.07 Å². The van der Waals surface area contributed by atoms with E-state index in [0.29, 0.717) is 0 Å². The lowest BCUT2D eigenvalue weighted by Crippen LogP contribution is -2.00. The standard InChI is InChI=1S/C13H8BrFO2S/c14-8-3-1-4-9(7-8)18-12-10(13(16)17)5-2-6-11(12)15/h1-7H,(H,16,17). The van der Waals surface area contributed by atoms with Crippen LogP contribution in [0.25, 0.3) is 0 Å². The third-order valence-corrected chi connectivity index (χ3v) is 3.82. The van der Waals surface area contributed by atoms with Crippen LogP contribution in [0.2, 0.25) is 0 Å². The molecule has 0 saturated carbocycles. The lowest BCUT2D eigenvalue weighted by molar-refractivity contribution is 0.0692. The van der Waals surface area contributed by atoms with E-state index in [9.17, 15) is 9.18 Å². The quantitative estimate of drug-likeness (QED) is 0.906. The van der Waals surface area contributed by atoms with Crippen LogP contribution >= 0.6 is 27.7 Å². The summed E-state index contributed by atoms with van der Waals surface area (Å²) in [5.41, 5.74) is -0.0278. The summed E-state index contributed by atoms with van der Waals surface area (Å²) in [5, 5.41) is 9.03. The average molecular weight is 327 g/mol. The first-order valence-corrected chi connectivity index (χ1v) is 6.64. The average Bonchev–Trinajstić information content (AvgIpc) is 2.31. The minimum absolute atomic E-state index is 0.0278. The van der Waals surface area contributed by atoms with Crippen LogP contribution in [0.1, 0.15) is 10.4 Å². The molecule has 2 nitrogen and oxygen atoms in total. The molecule has 0 unspecified atom stereocenters. The Morgan fingerprint density at radius 3 is 2.61 bits per heavy atom. The van der Waals surface area contributed by atoms with E-state index in [-0.39, 0.29) is 10.5 Å². The normalized spacial score (nSPS) is 10.3. The van der Waals surface area contributed by atoms with Crippen molar-refractivity contribution in [3.63, 3.8) is 0 Å². The summed E-state index contributed by atoms with van der Waals surface area (Å²) >= 11 is 4.42. The smallest absolute Gasteiger partial charge is 0.336 e. The molecule has 0 bridgehead atoms. The molecule has 0 aliphatic carbocycles. The van der Waals surface area contributed by atoms with Gasteiger partial charge in [0.05, 0.1) is 10.5 Å². The number of halogens is 2. The van der Waals surface area contributed by atoms with Gasteiger partial charge in [-0.3, -0.25) is 0 Å². The van der Waals surface area contributed by atoms with E-state index < -0.39 is 11.8 Å². The molecule has 0 heterocycles. The highest BCUT2D eigenvalue weighted by Gasteiger charge is 2.15. The van der Waals surface area contributed by atoms with Crippen LogP contribution in [-0.2, 0) is 0 Å². The number of aromatic carboxylic acids is 1. The zero-order valence-electron chi connectivity index (χ0n) is 9.06. The van der Waals surface area contributed by atoms with Crippen molar-refractivity contribution in [3.8, 4) is 0 Å². The lowest BCUT2D eigenvalue weighted by atomic mass is 10.2. The molecule has 0 aliphatic rings. The van der Waals surface area contributed by atoms with Gasteiger partial charge < -0.3 is 5.11 Å². The van der Waals surface area contributed by atoms with E-state index in [2.05, 4.69) is 15.9 Å². The second-order valence-corrected chi connectivity index (χ2v) is 5.48. The highest BCUT2D eigenvalue weighted by atomic mass is 79.9. The van der Waals surface area contributed by atoms with Crippen LogP contribution in [-0.4, -0.2) is 11.1 Å². The predicted octanol–water partition coefficient (Wildman–Crippen LogP) is 4.44. The third-order valence-electron chi connectivity index (χ3n) is 2.21. The molecule has 2 rings (SSSR count). The monoisotopic (exact) mass is 326 g/mol. The van der Waals surface area contributed by atoms with Crippen molar-refractivity contribution in [1.82, 2.24) is 0 Å². The molecule has 0 aliphatic heterocycles. The maximum atomic E-state index is 13.7. The third kappa shape index (κ3) is 2.91. The number of carboxylic acid groups (broad SMARTS) is 1. The fraction of sp³-hybridized carbons (Fsp3) is 0. The second kappa shape index (κ2) is 5.54. The molecule has 0 saturated heterocycles. The van der Waals surface area contributed by atoms with E-state index in [1.807, 2.05) is 18.2 Å². The van der Waals surface area contributed by atoms with Crippen molar-refractivity contribution < 1.29 is 14.3 Å². The van der Waals surface area contributed by atoms with Crippen LogP contribution in [0.3, 0.4) is 0 Å². The van der Waals surface area contributed by atoms with Crippen molar-refractivity contribution in [2.75, 3.05) is 0 Å². The maximum absolute atomic E-state index is 13.7. The first-order valence-electron chi connectivity index (χ1n) is 5.03. The Balaban J connectivity index is 2.42. The first kappa shape index (κ1) is 13.1. The van der Waals surface area contributed by atoms with E-state index in [4.69, 9.17) is 5.11 Å². The van der Waals surface area contributed by atoms with E-state index in [1.165, 1.54) is 18.2 Å². The SMILES string of the molecule is O=C(O)c1cccc(F)c1Sc1cccc(Br)c1. The van der Waals surface area contributed by atoms with Crippen molar-refractivity contribution in [2.45, 2.75) is 9.79 Å². The Kier molecular flexibility index (Phi) is 4.04. The van der Waals surface area contributed by atoms with Gasteiger partial charge >= 0.3 is 5.97 Å². The molecule has 2 aromatic carbocycles. The van der Waals surface area contributed by atoms with Gasteiger partial charge in [0.1, 0.15) is 5.82 Å². The molecule has 18 heavy (non-hydrogen) atoms. The van der Waals surface area contributed by atoms with E-state index in [0.717, 1.165) is 21.1 Å². The molecule has 0 fully saturated rings. The second-order valence-electron chi connectivity index (χ2n) is 3.48. The highest BCUT2D eigenvalue weighted by molar-refractivity contribution is 9.10. The van der Waals surface area contributed by atoms with Crippen LogP contribution in [0.4, 0.5) is 4.39 Å². The molecule has 0 aromatic heterocycles. The number of hydrogen-bond donors (Lipinski definition) is 1. The van der Waals surface area contributed by atoms with Gasteiger partial charge in [0.15, 0.2) is 0 Å². The molecule has 0 spiro atoms. The van der Waals surface area contributed by atoms with Gasteiger partial charge in [-0.2, -0.15) is 0 Å². The predicted molar refractivity (Wildman–Crippen MR) is 71.6 cm³/mol. The minimum atomic E-state index is -1.13. The Bertz CT molecular complexity index is 601. The van der Waals surface area contributed by atoms with Gasteiger partial charge in [0.2, 0.25) is 0 Å². The number of carboxylic acids is 1. The largest absolute Gasteiger partial charge is 0.478 e. The van der Waals surface area contributed by atoms with Gasteiger partial charge in [0.25, 0.3) is 0 Å². The summed E-state index contributed by atoms with van der Waals surface area (Å²) in [4.78, 5) is 11.9. The Morgan fingerprint density at radius 2 is 1.94 bits per heavy atom. The fourth-order valence-corrected chi connectivity index (χ4v) is 2.98. The van der Waals surface area contributed by atoms with Gasteiger partial charge in [-0.1, -0.05) is 39.8 Å². The molecule has 1 N–H and O–H groups in total. The number of hydrogen-bond acceptors (Lipinski definition) is 2. The summed E-state index contributed by atoms with van der Waals surface area (Å²) < 4.78 is 14.6. The molecule has 2 aromatic rings. The summed E-state index contributed by atoms with van der Waals surface area (Å²) in [7, 11) is 0. The molecule has 5 heteroatoms. The minimum Gasteiger partial charge on any atom is -0.478 e. The summed E-state index contributed by atoms with van der Waals surface area (Å²) in [6, 6.07) is 11.3. The van der Waals surface area contributed by atoms with Gasteiger partial charge in [-0.05, 0) is 30.3 Å². The maximum Gasteiger partial charge on any atom is 0.336 e. The molecule has 0 radical (unpaired) electrons. The molecule has 0 atom stereocenters. The van der Waals surface area contributed by atoms with Gasteiger partial charge in [0, 0.05) is 9.37 Å². The fourth-order valence-electron chi connectivity index (χ4n) is 1.43. The zero-order valence-corrected chi connectivity index (χ0v) is 11.5. The number of benzene rings is 2. The molecule has 92 valence electrons. The van der Waals surface area contributed by atoms with Crippen LogP contribution < -0.4 is 0 Å². The lowest BCUT2D eigenvalue weighted by Gasteiger charge is -2.07. The Labute approximate surface area is 116 Å². The van der Waals surface area contributed by atoms with Crippen LogP contribution in [0, 0.1) is 5.82 Å². The molecular formula is C13H8BrFO2S. The van der Waals surface area contributed by atoms with Gasteiger partial charge in [-0.15, -0.1) is 0 Å². The Hall–Kier alpha value is -1.33. The van der Waals surface area contributed by atoms with Crippen molar-refractivity contribution in [2.24, 2.45) is 0 Å².